The van der Waals surface area contributed by atoms with Gasteiger partial charge in [0.2, 0.25) is 0 Å². The van der Waals surface area contributed by atoms with Crippen molar-refractivity contribution in [1.82, 2.24) is 0 Å². The number of carbonyl (C=O) groups is 2. The fourth-order valence-corrected chi connectivity index (χ4v) is 2.53. The zero-order valence-electron chi connectivity index (χ0n) is 14.9. The van der Waals surface area contributed by atoms with Gasteiger partial charge >= 0.3 is 11.9 Å². The number of aliphatic hydroxyl groups is 2. The average molecular weight is 336 g/mol. The zero-order chi connectivity index (χ0) is 18.3. The van der Waals surface area contributed by atoms with Crippen molar-refractivity contribution in [1.29, 1.82) is 0 Å². The zero-order valence-corrected chi connectivity index (χ0v) is 14.9. The second-order valence-corrected chi connectivity index (χ2v) is 7.52. The summed E-state index contributed by atoms with van der Waals surface area (Å²) >= 11 is 0. The van der Waals surface area contributed by atoms with Gasteiger partial charge in [-0.2, -0.15) is 0 Å². The van der Waals surface area contributed by atoms with E-state index in [1.807, 2.05) is 20.8 Å². The maximum absolute atomic E-state index is 12.0. The molecule has 0 aliphatic carbocycles. The third-order valence-electron chi connectivity index (χ3n) is 3.62. The molecule has 0 aliphatic heterocycles. The maximum Gasteiger partial charge on any atom is 0.345 e. The Kier molecular flexibility index (Phi) is 7.58. The van der Waals surface area contributed by atoms with Crippen LogP contribution < -0.4 is 0 Å². The summed E-state index contributed by atoms with van der Waals surface area (Å²) in [5.41, 5.74) is 0.269. The van der Waals surface area contributed by atoms with Crippen molar-refractivity contribution in [3.8, 4) is 0 Å². The van der Waals surface area contributed by atoms with Gasteiger partial charge < -0.3 is 14.9 Å². The van der Waals surface area contributed by atoms with Crippen LogP contribution in [0.3, 0.4) is 0 Å². The van der Waals surface area contributed by atoms with E-state index in [4.69, 9.17) is 4.74 Å². The Labute approximate surface area is 143 Å². The van der Waals surface area contributed by atoms with Gasteiger partial charge in [-0.05, 0) is 36.8 Å². The molecule has 0 saturated carbocycles. The first-order chi connectivity index (χ1) is 11.1. The van der Waals surface area contributed by atoms with Gasteiger partial charge in [-0.25, -0.2) is 4.79 Å². The number of carbonyl (C=O) groups excluding carboxylic acids is 2. The summed E-state index contributed by atoms with van der Waals surface area (Å²) in [5.74, 6) is -2.00. The summed E-state index contributed by atoms with van der Waals surface area (Å²) < 4.78 is 4.83. The molecule has 0 saturated heterocycles. The predicted octanol–water partition coefficient (Wildman–Crippen LogP) is 2.94. The molecule has 2 N–H and O–H groups in total. The molecule has 24 heavy (non-hydrogen) atoms. The molecule has 3 atom stereocenters. The third-order valence-corrected chi connectivity index (χ3v) is 3.62. The number of aliphatic hydroxyl groups excluding tert-OH is 2. The Morgan fingerprint density at radius 1 is 1.04 bits per heavy atom. The summed E-state index contributed by atoms with van der Waals surface area (Å²) in [6.07, 6.45) is -0.551. The molecule has 0 aromatic heterocycles. The second-order valence-electron chi connectivity index (χ2n) is 7.52. The number of ether oxygens (including phenoxy) is 1. The van der Waals surface area contributed by atoms with E-state index >= 15 is 0 Å². The molecule has 5 nitrogen and oxygen atoms in total. The van der Waals surface area contributed by atoms with Gasteiger partial charge in [0.1, 0.15) is 0 Å². The Hall–Kier alpha value is -1.72. The van der Waals surface area contributed by atoms with Gasteiger partial charge in [-0.15, -0.1) is 0 Å². The third kappa shape index (κ3) is 7.70. The van der Waals surface area contributed by atoms with Gasteiger partial charge in [-0.3, -0.25) is 4.79 Å². The van der Waals surface area contributed by atoms with Crippen molar-refractivity contribution in [3.63, 3.8) is 0 Å². The van der Waals surface area contributed by atoms with Crippen LogP contribution in [0.25, 0.3) is 0 Å². The summed E-state index contributed by atoms with van der Waals surface area (Å²) in [6, 6.07) is 8.27. The van der Waals surface area contributed by atoms with Gasteiger partial charge in [-0.1, -0.05) is 45.9 Å². The highest BCUT2D eigenvalue weighted by Gasteiger charge is 2.25. The Balaban J connectivity index is 2.44. The van der Waals surface area contributed by atoms with Crippen LogP contribution in [-0.2, 0) is 9.53 Å². The Morgan fingerprint density at radius 2 is 1.62 bits per heavy atom. The molecule has 1 aromatic rings. The molecule has 3 unspecified atom stereocenters. The number of benzene rings is 1. The Bertz CT molecular complexity index is 532. The van der Waals surface area contributed by atoms with Gasteiger partial charge in [0.25, 0.3) is 0 Å². The normalized spacial score (nSPS) is 15.4. The van der Waals surface area contributed by atoms with Gasteiger partial charge in [0.05, 0.1) is 23.7 Å². The second kappa shape index (κ2) is 8.94. The minimum absolute atomic E-state index is 0.0359. The summed E-state index contributed by atoms with van der Waals surface area (Å²) in [6.45, 7) is 7.63. The first-order valence-electron chi connectivity index (χ1n) is 8.25. The highest BCUT2D eigenvalue weighted by atomic mass is 16.6. The van der Waals surface area contributed by atoms with Crippen molar-refractivity contribution in [2.45, 2.75) is 59.2 Å². The van der Waals surface area contributed by atoms with E-state index < -0.39 is 30.1 Å². The van der Waals surface area contributed by atoms with Crippen LogP contribution in [0.2, 0.25) is 0 Å². The molecule has 0 aliphatic rings. The minimum atomic E-state index is -0.822. The van der Waals surface area contributed by atoms with Crippen LogP contribution >= 0.6 is 0 Å². The van der Waals surface area contributed by atoms with Crippen LogP contribution in [-0.4, -0.2) is 34.4 Å². The average Bonchev–Trinajstić information content (AvgIpc) is 2.45. The largest absolute Gasteiger partial charge is 0.393 e. The van der Waals surface area contributed by atoms with Crippen LogP contribution in [0.15, 0.2) is 30.3 Å². The number of esters is 2. The summed E-state index contributed by atoms with van der Waals surface area (Å²) in [4.78, 5) is 23.8. The first-order valence-corrected chi connectivity index (χ1v) is 8.25. The molecular formula is C19H28O5. The summed E-state index contributed by atoms with van der Waals surface area (Å²) in [7, 11) is 0. The highest BCUT2D eigenvalue weighted by molar-refractivity contribution is 5.97. The topological polar surface area (TPSA) is 83.8 Å². The van der Waals surface area contributed by atoms with E-state index in [-0.39, 0.29) is 18.3 Å². The molecule has 1 rings (SSSR count). The van der Waals surface area contributed by atoms with Crippen molar-refractivity contribution < 1.29 is 24.5 Å². The number of hydrogen-bond donors (Lipinski definition) is 2. The van der Waals surface area contributed by atoms with Crippen LogP contribution in [0.1, 0.15) is 57.3 Å². The molecule has 0 heterocycles. The van der Waals surface area contributed by atoms with E-state index in [0.717, 1.165) is 0 Å². The van der Waals surface area contributed by atoms with E-state index in [9.17, 15) is 19.8 Å². The SMILES string of the molecule is CC(CC(O)CC(O)CC(C)(C)C)C(=O)OC(=O)c1ccccc1. The lowest BCUT2D eigenvalue weighted by Gasteiger charge is -2.24. The summed E-state index contributed by atoms with van der Waals surface area (Å²) in [5, 5.41) is 20.0. The smallest absolute Gasteiger partial charge is 0.345 e. The maximum atomic E-state index is 12.0. The number of hydrogen-bond acceptors (Lipinski definition) is 5. The molecule has 5 heteroatoms. The predicted molar refractivity (Wildman–Crippen MR) is 91.3 cm³/mol. The van der Waals surface area contributed by atoms with Crippen molar-refractivity contribution in [3.05, 3.63) is 35.9 Å². The lowest BCUT2D eigenvalue weighted by molar-refractivity contribution is -0.143. The van der Waals surface area contributed by atoms with Crippen molar-refractivity contribution in [2.75, 3.05) is 0 Å². The monoisotopic (exact) mass is 336 g/mol. The van der Waals surface area contributed by atoms with Crippen LogP contribution in [0.5, 0.6) is 0 Å². The first kappa shape index (κ1) is 20.3. The molecule has 0 amide bonds. The highest BCUT2D eigenvalue weighted by Crippen LogP contribution is 2.24. The van der Waals surface area contributed by atoms with E-state index in [0.29, 0.717) is 12.0 Å². The van der Waals surface area contributed by atoms with Crippen molar-refractivity contribution >= 4 is 11.9 Å². The molecule has 0 radical (unpaired) electrons. The molecular weight excluding hydrogens is 308 g/mol. The molecule has 134 valence electrons. The molecule has 0 bridgehead atoms. The van der Waals surface area contributed by atoms with Crippen molar-refractivity contribution in [2.24, 2.45) is 11.3 Å². The lowest BCUT2D eigenvalue weighted by atomic mass is 9.86. The van der Waals surface area contributed by atoms with E-state index in [1.165, 1.54) is 0 Å². The molecule has 0 spiro atoms. The van der Waals surface area contributed by atoms with Gasteiger partial charge in [0, 0.05) is 0 Å². The van der Waals surface area contributed by atoms with E-state index in [1.54, 1.807) is 37.3 Å². The fraction of sp³-hybridized carbons (Fsp3) is 0.579. The standard InChI is InChI=1S/C19H28O5/c1-13(10-15(20)11-16(21)12-19(2,3)4)17(22)24-18(23)14-8-6-5-7-9-14/h5-9,13,15-16,20-21H,10-12H2,1-4H3. The van der Waals surface area contributed by atoms with Crippen LogP contribution in [0.4, 0.5) is 0 Å². The quantitative estimate of drug-likeness (QED) is 0.591. The molecule has 1 aromatic carbocycles. The minimum Gasteiger partial charge on any atom is -0.393 e. The van der Waals surface area contributed by atoms with E-state index in [2.05, 4.69) is 0 Å². The molecule has 0 fully saturated rings. The number of rotatable bonds is 7. The Morgan fingerprint density at radius 3 is 2.17 bits per heavy atom. The van der Waals surface area contributed by atoms with Crippen LogP contribution in [0, 0.1) is 11.3 Å². The fourth-order valence-electron chi connectivity index (χ4n) is 2.53. The lowest BCUT2D eigenvalue weighted by Crippen LogP contribution is -2.27. The van der Waals surface area contributed by atoms with Gasteiger partial charge in [0.15, 0.2) is 0 Å².